The summed E-state index contributed by atoms with van der Waals surface area (Å²) in [5, 5.41) is 10.2. The zero-order chi connectivity index (χ0) is 19.8. The first-order chi connectivity index (χ1) is 13.7. The maximum absolute atomic E-state index is 13.4. The van der Waals surface area contributed by atoms with Gasteiger partial charge in [-0.2, -0.15) is 5.26 Å². The van der Waals surface area contributed by atoms with Crippen LogP contribution in [0, 0.1) is 23.1 Å². The van der Waals surface area contributed by atoms with Crippen molar-refractivity contribution in [1.29, 1.82) is 5.26 Å². The largest absolute Gasteiger partial charge is 0.299 e. The number of rotatable bonds is 10. The average molecular weight is 379 g/mol. The molecule has 1 aliphatic carbocycles. The topological polar surface area (TPSA) is 27.0 Å². The van der Waals surface area contributed by atoms with Gasteiger partial charge in [-0.1, -0.05) is 55.8 Å². The van der Waals surface area contributed by atoms with Gasteiger partial charge in [0.2, 0.25) is 0 Å². The SMILES string of the molecule is CCCN(CCCC(C#N)(c1ccc(F)cc1)C1CCC1)Cc1ccccc1. The molecule has 1 unspecified atom stereocenters. The Morgan fingerprint density at radius 1 is 1.07 bits per heavy atom. The summed E-state index contributed by atoms with van der Waals surface area (Å²) in [7, 11) is 0. The Bertz CT molecular complexity index is 761. The van der Waals surface area contributed by atoms with E-state index in [1.54, 1.807) is 0 Å². The highest BCUT2D eigenvalue weighted by atomic mass is 19.1. The summed E-state index contributed by atoms with van der Waals surface area (Å²) >= 11 is 0. The third-order valence-corrected chi connectivity index (χ3v) is 6.20. The van der Waals surface area contributed by atoms with E-state index < -0.39 is 5.41 Å². The minimum absolute atomic E-state index is 0.235. The maximum Gasteiger partial charge on any atom is 0.123 e. The molecule has 3 heteroatoms. The Morgan fingerprint density at radius 3 is 2.36 bits per heavy atom. The summed E-state index contributed by atoms with van der Waals surface area (Å²) in [6.45, 7) is 5.22. The molecule has 2 nitrogen and oxygen atoms in total. The van der Waals surface area contributed by atoms with Crippen LogP contribution in [0.2, 0.25) is 0 Å². The van der Waals surface area contributed by atoms with Gasteiger partial charge in [0.15, 0.2) is 0 Å². The van der Waals surface area contributed by atoms with Crippen LogP contribution in [0.1, 0.15) is 56.6 Å². The molecular weight excluding hydrogens is 347 g/mol. The van der Waals surface area contributed by atoms with Crippen LogP contribution in [0.15, 0.2) is 54.6 Å². The fourth-order valence-electron chi connectivity index (χ4n) is 4.45. The van der Waals surface area contributed by atoms with E-state index in [0.29, 0.717) is 5.92 Å². The van der Waals surface area contributed by atoms with Crippen molar-refractivity contribution in [3.63, 3.8) is 0 Å². The predicted molar refractivity (Wildman–Crippen MR) is 112 cm³/mol. The van der Waals surface area contributed by atoms with Crippen LogP contribution in [0.5, 0.6) is 0 Å². The first-order valence-electron chi connectivity index (χ1n) is 10.6. The number of nitriles is 1. The molecule has 2 aromatic carbocycles. The van der Waals surface area contributed by atoms with Gasteiger partial charge in [0.25, 0.3) is 0 Å². The molecule has 0 N–H and O–H groups in total. The Balaban J connectivity index is 1.68. The minimum atomic E-state index is -0.476. The van der Waals surface area contributed by atoms with Crippen LogP contribution >= 0.6 is 0 Å². The van der Waals surface area contributed by atoms with Crippen molar-refractivity contribution in [2.75, 3.05) is 13.1 Å². The first kappa shape index (κ1) is 20.6. The first-order valence-corrected chi connectivity index (χ1v) is 10.6. The highest BCUT2D eigenvalue weighted by Crippen LogP contribution is 2.46. The van der Waals surface area contributed by atoms with E-state index in [1.807, 2.05) is 12.1 Å². The lowest BCUT2D eigenvalue weighted by molar-refractivity contribution is 0.182. The van der Waals surface area contributed by atoms with Crippen LogP contribution in [0.4, 0.5) is 4.39 Å². The van der Waals surface area contributed by atoms with Crippen LogP contribution in [-0.4, -0.2) is 18.0 Å². The Hall–Kier alpha value is -2.18. The second kappa shape index (κ2) is 9.85. The normalized spacial score (nSPS) is 16.4. The fourth-order valence-corrected chi connectivity index (χ4v) is 4.45. The quantitative estimate of drug-likeness (QED) is 0.501. The molecule has 148 valence electrons. The molecule has 1 atom stereocenters. The molecule has 3 rings (SSSR count). The molecule has 0 saturated heterocycles. The van der Waals surface area contributed by atoms with Crippen molar-refractivity contribution in [1.82, 2.24) is 4.90 Å². The lowest BCUT2D eigenvalue weighted by atomic mass is 9.61. The van der Waals surface area contributed by atoms with E-state index in [0.717, 1.165) is 57.3 Å². The van der Waals surface area contributed by atoms with Gasteiger partial charge in [-0.3, -0.25) is 4.90 Å². The van der Waals surface area contributed by atoms with Gasteiger partial charge in [-0.15, -0.1) is 0 Å². The molecule has 0 amide bonds. The summed E-state index contributed by atoms with van der Waals surface area (Å²) in [6.07, 6.45) is 6.35. The smallest absolute Gasteiger partial charge is 0.123 e. The lowest BCUT2D eigenvalue weighted by Gasteiger charge is -2.41. The van der Waals surface area contributed by atoms with Gasteiger partial charge < -0.3 is 0 Å². The van der Waals surface area contributed by atoms with E-state index in [4.69, 9.17) is 0 Å². The molecule has 1 aliphatic rings. The molecule has 0 radical (unpaired) electrons. The van der Waals surface area contributed by atoms with Crippen molar-refractivity contribution in [2.24, 2.45) is 5.92 Å². The van der Waals surface area contributed by atoms with Crippen molar-refractivity contribution in [2.45, 2.75) is 57.4 Å². The molecule has 0 spiro atoms. The maximum atomic E-state index is 13.4. The van der Waals surface area contributed by atoms with Gasteiger partial charge in [-0.25, -0.2) is 4.39 Å². The Morgan fingerprint density at radius 2 is 1.79 bits per heavy atom. The number of hydrogen-bond acceptors (Lipinski definition) is 2. The molecule has 0 heterocycles. The van der Waals surface area contributed by atoms with Gasteiger partial charge in [0, 0.05) is 6.54 Å². The molecule has 1 fully saturated rings. The molecule has 0 bridgehead atoms. The number of halogens is 1. The zero-order valence-electron chi connectivity index (χ0n) is 16.9. The second-order valence-corrected chi connectivity index (χ2v) is 8.08. The molecule has 0 aromatic heterocycles. The Labute approximate surface area is 169 Å². The van der Waals surface area contributed by atoms with E-state index >= 15 is 0 Å². The van der Waals surface area contributed by atoms with Crippen LogP contribution in [-0.2, 0) is 12.0 Å². The summed E-state index contributed by atoms with van der Waals surface area (Å²) in [6, 6.07) is 19.9. The van der Waals surface area contributed by atoms with Crippen molar-refractivity contribution in [3.05, 3.63) is 71.5 Å². The number of hydrogen-bond donors (Lipinski definition) is 0. The van der Waals surface area contributed by atoms with Crippen molar-refractivity contribution >= 4 is 0 Å². The fraction of sp³-hybridized carbons (Fsp3) is 0.480. The molecule has 2 aromatic rings. The van der Waals surface area contributed by atoms with Crippen molar-refractivity contribution in [3.8, 4) is 6.07 Å². The number of nitrogens with zero attached hydrogens (tertiary/aromatic N) is 2. The molecule has 28 heavy (non-hydrogen) atoms. The van der Waals surface area contributed by atoms with Gasteiger partial charge in [-0.05, 0) is 74.4 Å². The molecular formula is C25H31FN2. The van der Waals surface area contributed by atoms with Crippen LogP contribution in [0.25, 0.3) is 0 Å². The van der Waals surface area contributed by atoms with Gasteiger partial charge in [0.05, 0.1) is 11.5 Å². The lowest BCUT2D eigenvalue weighted by Crippen LogP contribution is -2.39. The molecule has 1 saturated carbocycles. The second-order valence-electron chi connectivity index (χ2n) is 8.08. The van der Waals surface area contributed by atoms with Gasteiger partial charge in [0.1, 0.15) is 5.82 Å². The van der Waals surface area contributed by atoms with Crippen LogP contribution in [0.3, 0.4) is 0 Å². The zero-order valence-corrected chi connectivity index (χ0v) is 16.9. The third-order valence-electron chi connectivity index (χ3n) is 6.20. The third kappa shape index (κ3) is 4.80. The van der Waals surface area contributed by atoms with E-state index in [9.17, 15) is 9.65 Å². The van der Waals surface area contributed by atoms with E-state index in [-0.39, 0.29) is 5.82 Å². The Kier molecular flexibility index (Phi) is 7.23. The summed E-state index contributed by atoms with van der Waals surface area (Å²) in [5.41, 5.74) is 1.85. The summed E-state index contributed by atoms with van der Waals surface area (Å²) < 4.78 is 13.4. The predicted octanol–water partition coefficient (Wildman–Crippen LogP) is 6.08. The standard InChI is InChI=1S/C25H31FN2/c1-2-17-28(19-21-8-4-3-5-9-21)18-7-16-25(20-27,22-10-6-11-22)23-12-14-24(26)15-13-23/h3-5,8-9,12-15,22H,2,6-7,10-11,16-19H2,1H3. The van der Waals surface area contributed by atoms with Gasteiger partial charge >= 0.3 is 0 Å². The highest BCUT2D eigenvalue weighted by Gasteiger charge is 2.43. The van der Waals surface area contributed by atoms with Crippen LogP contribution < -0.4 is 0 Å². The monoisotopic (exact) mass is 378 g/mol. The van der Waals surface area contributed by atoms with Crippen molar-refractivity contribution < 1.29 is 4.39 Å². The molecule has 0 aliphatic heterocycles. The van der Waals surface area contributed by atoms with E-state index in [1.165, 1.54) is 24.1 Å². The number of benzene rings is 2. The minimum Gasteiger partial charge on any atom is -0.299 e. The summed E-state index contributed by atoms with van der Waals surface area (Å²) in [5.74, 6) is 0.165. The average Bonchev–Trinajstić information content (AvgIpc) is 2.67. The highest BCUT2D eigenvalue weighted by molar-refractivity contribution is 5.34. The van der Waals surface area contributed by atoms with E-state index in [2.05, 4.69) is 48.2 Å². The summed E-state index contributed by atoms with van der Waals surface area (Å²) in [4.78, 5) is 2.49.